The molecule has 0 aliphatic heterocycles. The number of aryl methyl sites for hydroxylation is 4. The minimum atomic E-state index is -4.44. The van der Waals surface area contributed by atoms with Gasteiger partial charge < -0.3 is 95.7 Å². The number of aliphatic hydroxyl groups is 3. The fraction of sp³-hybridized carbons (Fsp3) is 0.640. The zero-order valence-electron chi connectivity index (χ0n) is 76.4. The number of hydrogen-bond donors (Lipinski definition) is 6. The quantitative estimate of drug-likeness (QED) is 0.00598. The molecule has 0 bridgehead atoms. The summed E-state index contributed by atoms with van der Waals surface area (Å²) >= 11 is 0. The van der Waals surface area contributed by atoms with Gasteiger partial charge in [-0.1, -0.05) is 197 Å². The summed E-state index contributed by atoms with van der Waals surface area (Å²) in [4.78, 5) is 0. The summed E-state index contributed by atoms with van der Waals surface area (Å²) in [6.07, 6.45) is 34.3. The van der Waals surface area contributed by atoms with Crippen LogP contribution >= 0.6 is 0 Å². The minimum absolute atomic E-state index is 0. The molecule has 128 heavy (non-hydrogen) atoms. The predicted molar refractivity (Wildman–Crippen MR) is 486 cm³/mol. The van der Waals surface area contributed by atoms with Gasteiger partial charge in [-0.2, -0.15) is 55.4 Å². The maximum atomic E-state index is 11.6. The topological polar surface area (TPSA) is 460 Å². The fourth-order valence-corrected chi connectivity index (χ4v) is 12.1. The first kappa shape index (κ1) is 125. The van der Waals surface area contributed by atoms with Crippen molar-refractivity contribution in [1.29, 1.82) is 0 Å². The monoisotopic (exact) mass is 1910 g/mol. The average Bonchev–Trinajstić information content (AvgIpc) is 0.908. The van der Waals surface area contributed by atoms with Gasteiger partial charge in [0.1, 0.15) is 117 Å². The van der Waals surface area contributed by atoms with Crippen LogP contribution in [-0.2, 0) is 136 Å². The van der Waals surface area contributed by atoms with Gasteiger partial charge in [-0.3, -0.25) is 0 Å². The van der Waals surface area contributed by atoms with E-state index in [9.17, 15) is 38.2 Å². The van der Waals surface area contributed by atoms with E-state index < -0.39 is 88.6 Å². The molecule has 0 spiro atoms. The third-order valence-electron chi connectivity index (χ3n) is 17.3. The molecular formula is C89H150N3NaO31S4. The van der Waals surface area contributed by atoms with E-state index in [0.717, 1.165) is 62.9 Å². The van der Waals surface area contributed by atoms with Crippen LogP contribution < -0.4 is 65.8 Å². The molecule has 0 aromatic heterocycles. The number of ether oxygens (including phenoxy) is 16. The Balaban J connectivity index is 0. The van der Waals surface area contributed by atoms with Crippen molar-refractivity contribution in [3.05, 3.63) is 170 Å². The van der Waals surface area contributed by atoms with Gasteiger partial charge in [0.15, 0.2) is 17.8 Å². The fourth-order valence-electron chi connectivity index (χ4n) is 10.6. The zero-order valence-corrected chi connectivity index (χ0v) is 81.7. The summed E-state index contributed by atoms with van der Waals surface area (Å²) in [6.45, 7) is 25.3. The van der Waals surface area contributed by atoms with E-state index in [0.29, 0.717) is 37.9 Å². The number of unbranched alkanes of at least 4 members (excludes halogenated alkanes) is 16. The van der Waals surface area contributed by atoms with E-state index in [-0.39, 0.29) is 136 Å². The zero-order chi connectivity index (χ0) is 93.9. The Morgan fingerprint density at radius 3 is 0.836 bits per heavy atom. The number of nitrogens with one attached hydrogen (secondary N) is 1. The normalized spacial score (nSPS) is 12.3. The molecule has 0 heterocycles. The summed E-state index contributed by atoms with van der Waals surface area (Å²) in [7, 11) is -16.2. The van der Waals surface area contributed by atoms with Crippen molar-refractivity contribution in [1.82, 2.24) is 5.48 Å². The summed E-state index contributed by atoms with van der Waals surface area (Å²) < 4.78 is 197. The molecule has 4 unspecified atom stereocenters. The summed E-state index contributed by atoms with van der Waals surface area (Å²) in [6, 6.07) is 31.9. The number of hydrogen-bond acceptors (Lipinski definition) is 34. The van der Waals surface area contributed by atoms with Gasteiger partial charge in [0.2, 0.25) is 0 Å². The van der Waals surface area contributed by atoms with Crippen LogP contribution in [0.1, 0.15) is 185 Å². The Bertz CT molecular complexity index is 3700. The van der Waals surface area contributed by atoms with Gasteiger partial charge >= 0.3 is 59.9 Å². The second-order valence-electron chi connectivity index (χ2n) is 28.6. The van der Waals surface area contributed by atoms with Crippen LogP contribution in [0.4, 0.5) is 0 Å². The number of aliphatic hydroxyl groups excluding tert-OH is 3. The third-order valence-corrected chi connectivity index (χ3v) is 20.1. The maximum absolute atomic E-state index is 11.6. The first-order valence-electron chi connectivity index (χ1n) is 43.4. The smallest absolute Gasteiger partial charge is 0.746 e. The molecule has 8 N–H and O–H groups in total. The molecule has 4 rings (SSSR count). The van der Waals surface area contributed by atoms with Crippen LogP contribution in [0.15, 0.2) is 148 Å². The molecule has 0 radical (unpaired) electrons. The van der Waals surface area contributed by atoms with Gasteiger partial charge in [-0.15, -0.1) is 26.3 Å². The largest absolute Gasteiger partial charge is 1.00 e. The first-order valence-corrected chi connectivity index (χ1v) is 49.7. The van der Waals surface area contributed by atoms with E-state index in [2.05, 4.69) is 108 Å². The SMILES string of the molecule is C=CCOCC(COc1ccc(CCCC)cc1)OCOCS(=O)(=O)ONCCO.C=CCOCC(COc1ccc(CCCCCC)cc1)OCOCS(=O)(=O)[O-].C=CCOCC(COc1ccc(CCCCCCCC)cc1)OCOCS(=O)(=O)ON.C=CCOCC(COc1ccc(CCCCCCCCC)cc1)OCOCS(=O)(=O)ON.OCCCCO.[Na+]. The van der Waals surface area contributed by atoms with Crippen LogP contribution in [0.3, 0.4) is 0 Å². The molecule has 4 aromatic carbocycles. The number of rotatable bonds is 80. The standard InChI is InChI=1S/C23H39NO7S.C22H37NO7S.C20H33NO8S.C20H32O7S.C4H10O2.Na/c1-3-5-6-7-8-9-10-11-21-12-14-22(15-13-21)29-18-23(17-27-16-4-2)30-19-28-20-32(25,26)31-24;1-3-5-6-7-8-9-10-20-11-13-21(14-12-20)28-17-22(16-26-15-4-2)29-18-27-19-31(24,25)30-23;1-3-5-6-18-7-9-19(10-8-18)27-15-20(14-25-13-4-2)28-16-26-17-30(23,24)29-21-11-12-22;1-3-5-6-7-8-18-9-11-19(12-10-18)26-15-20(14-24-13-4-2)27-16-25-17-28(21,22)23;5-3-1-2-4-6;/h4,12-15,23H,2-3,5-11,16-20,24H2,1H3;4,11-14,22H,2-3,5-10,15-19,23H2,1H3;4,7-10,20-22H,2-3,5-6,11-17H2,1H3;4,9-12,20H,2-3,5-8,13-17H2,1H3,(H,21,22,23);5-6H,1-4H2;/q;;;;;+1/p-1. The van der Waals surface area contributed by atoms with Gasteiger partial charge in [-0.05, 0) is 135 Å². The second kappa shape index (κ2) is 86.1. The van der Waals surface area contributed by atoms with Crippen molar-refractivity contribution in [2.24, 2.45) is 11.8 Å². The van der Waals surface area contributed by atoms with Crippen molar-refractivity contribution in [2.45, 2.75) is 213 Å². The van der Waals surface area contributed by atoms with Crippen LogP contribution in [0.5, 0.6) is 23.0 Å². The third kappa shape index (κ3) is 78.4. The van der Waals surface area contributed by atoms with Gasteiger partial charge in [-0.25, -0.2) is 8.42 Å². The van der Waals surface area contributed by atoms with Crippen molar-refractivity contribution in [3.8, 4) is 23.0 Å². The minimum Gasteiger partial charge on any atom is -0.746 e. The van der Waals surface area contributed by atoms with E-state index in [1.807, 2.05) is 72.8 Å². The summed E-state index contributed by atoms with van der Waals surface area (Å²) in [5.74, 6) is 9.12. The molecule has 0 saturated carbocycles. The van der Waals surface area contributed by atoms with Crippen molar-refractivity contribution < 1.29 is 172 Å². The number of benzene rings is 4. The molecule has 0 saturated heterocycles. The Morgan fingerprint density at radius 1 is 0.336 bits per heavy atom. The van der Waals surface area contributed by atoms with E-state index in [4.69, 9.17) is 91.1 Å². The van der Waals surface area contributed by atoms with Crippen LogP contribution in [0.25, 0.3) is 0 Å². The molecule has 0 aliphatic carbocycles. The number of hydroxylamine groups is 1. The Labute approximate surface area is 786 Å². The van der Waals surface area contributed by atoms with Gasteiger partial charge in [0, 0.05) is 19.8 Å². The molecule has 0 fully saturated rings. The predicted octanol–water partition coefficient (Wildman–Crippen LogP) is 9.58. The van der Waals surface area contributed by atoms with E-state index in [1.165, 1.54) is 131 Å². The molecule has 39 heteroatoms. The molecule has 34 nitrogen and oxygen atoms in total. The van der Waals surface area contributed by atoms with Crippen LogP contribution in [0.2, 0.25) is 0 Å². The summed E-state index contributed by atoms with van der Waals surface area (Å²) in [5.41, 5.74) is 7.23. The first-order chi connectivity index (χ1) is 61.4. The molecule has 0 aliphatic rings. The maximum Gasteiger partial charge on any atom is 1.00 e. The molecule has 4 aromatic rings. The van der Waals surface area contributed by atoms with Crippen molar-refractivity contribution >= 4 is 40.5 Å². The Kier molecular flexibility index (Phi) is 84.1. The van der Waals surface area contributed by atoms with Gasteiger partial charge in [0.25, 0.3) is 0 Å². The molecule has 4 atom stereocenters. The number of nitrogens with two attached hydrogens (primary N) is 2. The molecular weight excluding hydrogens is 1760 g/mol. The average molecular weight is 1910 g/mol. The summed E-state index contributed by atoms with van der Waals surface area (Å²) in [5, 5.41) is 24.8. The Morgan fingerprint density at radius 2 is 0.586 bits per heavy atom. The van der Waals surface area contributed by atoms with Gasteiger partial charge in [0.05, 0.1) is 59.5 Å². The second-order valence-corrected chi connectivity index (χ2v) is 34.6. The molecule has 0 amide bonds. The van der Waals surface area contributed by atoms with Crippen LogP contribution in [-0.4, -0.2) is 235 Å². The van der Waals surface area contributed by atoms with Crippen molar-refractivity contribution in [2.75, 3.05) is 157 Å². The molecule has 732 valence electrons. The Hall–Kier alpha value is -5.04. The van der Waals surface area contributed by atoms with E-state index >= 15 is 0 Å². The van der Waals surface area contributed by atoms with E-state index in [1.54, 1.807) is 24.3 Å². The van der Waals surface area contributed by atoms with Crippen molar-refractivity contribution in [3.63, 3.8) is 0 Å². The van der Waals surface area contributed by atoms with Crippen LogP contribution in [0, 0.1) is 0 Å².